The SMILES string of the molecule is CN=C(NCc1cccc(NC(C)=O)c1)NCC(C)c1ccsc1. The number of rotatable bonds is 6. The summed E-state index contributed by atoms with van der Waals surface area (Å²) < 4.78 is 0. The van der Waals surface area contributed by atoms with Gasteiger partial charge in [0.2, 0.25) is 5.91 Å². The Morgan fingerprint density at radius 3 is 2.79 bits per heavy atom. The van der Waals surface area contributed by atoms with Crippen molar-refractivity contribution in [1.29, 1.82) is 0 Å². The van der Waals surface area contributed by atoms with Gasteiger partial charge in [0.1, 0.15) is 0 Å². The number of aliphatic imine (C=N–C) groups is 1. The molecule has 0 fully saturated rings. The molecule has 0 spiro atoms. The summed E-state index contributed by atoms with van der Waals surface area (Å²) >= 11 is 1.72. The Balaban J connectivity index is 1.84. The Morgan fingerprint density at radius 2 is 2.12 bits per heavy atom. The van der Waals surface area contributed by atoms with Gasteiger partial charge in [-0.05, 0) is 46.0 Å². The lowest BCUT2D eigenvalue weighted by Gasteiger charge is -2.15. The van der Waals surface area contributed by atoms with Crippen LogP contribution in [0.3, 0.4) is 0 Å². The van der Waals surface area contributed by atoms with Crippen molar-refractivity contribution in [2.24, 2.45) is 4.99 Å². The molecule has 0 saturated carbocycles. The van der Waals surface area contributed by atoms with Gasteiger partial charge < -0.3 is 16.0 Å². The maximum atomic E-state index is 11.1. The van der Waals surface area contributed by atoms with Crippen LogP contribution >= 0.6 is 11.3 Å². The quantitative estimate of drug-likeness (QED) is 0.557. The van der Waals surface area contributed by atoms with Crippen molar-refractivity contribution in [2.75, 3.05) is 18.9 Å². The summed E-state index contributed by atoms with van der Waals surface area (Å²) in [6.07, 6.45) is 0. The van der Waals surface area contributed by atoms with Crippen molar-refractivity contribution >= 4 is 28.9 Å². The number of hydrogen-bond donors (Lipinski definition) is 3. The Labute approximate surface area is 147 Å². The van der Waals surface area contributed by atoms with Crippen LogP contribution in [-0.2, 0) is 11.3 Å². The van der Waals surface area contributed by atoms with Crippen molar-refractivity contribution in [3.63, 3.8) is 0 Å². The van der Waals surface area contributed by atoms with E-state index in [-0.39, 0.29) is 5.91 Å². The van der Waals surface area contributed by atoms with Crippen LogP contribution in [0.15, 0.2) is 46.1 Å². The summed E-state index contributed by atoms with van der Waals surface area (Å²) in [5, 5.41) is 13.7. The van der Waals surface area contributed by atoms with Crippen LogP contribution in [0.5, 0.6) is 0 Å². The second kappa shape index (κ2) is 9.08. The molecule has 0 radical (unpaired) electrons. The molecule has 3 N–H and O–H groups in total. The van der Waals surface area contributed by atoms with Crippen LogP contribution in [-0.4, -0.2) is 25.5 Å². The van der Waals surface area contributed by atoms with Crippen molar-refractivity contribution in [1.82, 2.24) is 10.6 Å². The molecule has 6 heteroatoms. The molecule has 128 valence electrons. The first-order chi connectivity index (χ1) is 11.6. The molecule has 1 aromatic heterocycles. The molecule has 1 aromatic carbocycles. The molecule has 2 rings (SSSR count). The van der Waals surface area contributed by atoms with E-state index in [4.69, 9.17) is 0 Å². The second-order valence-corrected chi connectivity index (χ2v) is 6.43. The van der Waals surface area contributed by atoms with Gasteiger partial charge in [-0.3, -0.25) is 9.79 Å². The van der Waals surface area contributed by atoms with Gasteiger partial charge in [-0.1, -0.05) is 19.1 Å². The number of nitrogens with one attached hydrogen (secondary N) is 3. The predicted molar refractivity (Wildman–Crippen MR) is 102 cm³/mol. The summed E-state index contributed by atoms with van der Waals surface area (Å²) in [6.45, 7) is 5.16. The van der Waals surface area contributed by atoms with E-state index in [9.17, 15) is 4.79 Å². The van der Waals surface area contributed by atoms with Crippen molar-refractivity contribution in [2.45, 2.75) is 26.3 Å². The lowest BCUT2D eigenvalue weighted by atomic mass is 10.1. The predicted octanol–water partition coefficient (Wildman–Crippen LogP) is 3.18. The molecule has 1 heterocycles. The number of guanidine groups is 1. The number of thiophene rings is 1. The lowest BCUT2D eigenvalue weighted by molar-refractivity contribution is -0.114. The second-order valence-electron chi connectivity index (χ2n) is 5.65. The van der Waals surface area contributed by atoms with Crippen LogP contribution in [0.1, 0.15) is 30.9 Å². The first-order valence-corrected chi connectivity index (χ1v) is 8.86. The van der Waals surface area contributed by atoms with Gasteiger partial charge >= 0.3 is 0 Å². The highest BCUT2D eigenvalue weighted by atomic mass is 32.1. The third kappa shape index (κ3) is 5.70. The highest BCUT2D eigenvalue weighted by Gasteiger charge is 2.07. The Morgan fingerprint density at radius 1 is 1.29 bits per heavy atom. The molecule has 1 amide bonds. The molecule has 5 nitrogen and oxygen atoms in total. The molecule has 1 atom stereocenters. The molecule has 0 bridgehead atoms. The molecule has 0 aliphatic rings. The molecule has 2 aromatic rings. The summed E-state index contributed by atoms with van der Waals surface area (Å²) in [5.41, 5.74) is 3.22. The highest BCUT2D eigenvalue weighted by molar-refractivity contribution is 7.07. The van der Waals surface area contributed by atoms with Crippen LogP contribution in [0.25, 0.3) is 0 Å². The fourth-order valence-electron chi connectivity index (χ4n) is 2.29. The van der Waals surface area contributed by atoms with Crippen molar-refractivity contribution in [3.05, 3.63) is 52.2 Å². The van der Waals surface area contributed by atoms with Crippen LogP contribution < -0.4 is 16.0 Å². The number of hydrogen-bond acceptors (Lipinski definition) is 3. The zero-order valence-corrected chi connectivity index (χ0v) is 15.1. The van der Waals surface area contributed by atoms with Gasteiger partial charge in [-0.15, -0.1) is 0 Å². The van der Waals surface area contributed by atoms with Gasteiger partial charge in [-0.25, -0.2) is 0 Å². The van der Waals surface area contributed by atoms with Crippen LogP contribution in [0, 0.1) is 0 Å². The average molecular weight is 344 g/mol. The minimum Gasteiger partial charge on any atom is -0.356 e. The van der Waals surface area contributed by atoms with Crippen molar-refractivity contribution in [3.8, 4) is 0 Å². The largest absolute Gasteiger partial charge is 0.356 e. The molecular formula is C18H24N4OS. The van der Waals surface area contributed by atoms with E-state index in [1.807, 2.05) is 24.3 Å². The highest BCUT2D eigenvalue weighted by Crippen LogP contribution is 2.17. The van der Waals surface area contributed by atoms with Gasteiger partial charge in [0.15, 0.2) is 5.96 Å². The summed E-state index contributed by atoms with van der Waals surface area (Å²) in [7, 11) is 1.76. The lowest BCUT2D eigenvalue weighted by Crippen LogP contribution is -2.38. The van der Waals surface area contributed by atoms with E-state index in [0.717, 1.165) is 23.8 Å². The molecular weight excluding hydrogens is 320 g/mol. The molecule has 1 unspecified atom stereocenters. The third-order valence-corrected chi connectivity index (χ3v) is 4.32. The number of carbonyl (C=O) groups is 1. The fraction of sp³-hybridized carbons (Fsp3) is 0.333. The number of benzene rings is 1. The normalized spacial score (nSPS) is 12.5. The van der Waals surface area contributed by atoms with E-state index in [1.165, 1.54) is 12.5 Å². The molecule has 0 aliphatic carbocycles. The zero-order chi connectivity index (χ0) is 17.4. The zero-order valence-electron chi connectivity index (χ0n) is 14.3. The van der Waals surface area contributed by atoms with Gasteiger partial charge in [-0.2, -0.15) is 11.3 Å². The van der Waals surface area contributed by atoms with E-state index in [0.29, 0.717) is 12.5 Å². The third-order valence-electron chi connectivity index (χ3n) is 3.62. The maximum Gasteiger partial charge on any atom is 0.221 e. The monoisotopic (exact) mass is 344 g/mol. The molecule has 0 saturated heterocycles. The summed E-state index contributed by atoms with van der Waals surface area (Å²) in [5.74, 6) is 1.12. The van der Waals surface area contributed by atoms with E-state index < -0.39 is 0 Å². The Bertz CT molecular complexity index is 682. The number of carbonyl (C=O) groups excluding carboxylic acids is 1. The maximum absolute atomic E-state index is 11.1. The van der Waals surface area contributed by atoms with Gasteiger partial charge in [0.25, 0.3) is 0 Å². The van der Waals surface area contributed by atoms with E-state index in [2.05, 4.69) is 44.7 Å². The number of anilines is 1. The Kier molecular flexibility index (Phi) is 6.81. The smallest absolute Gasteiger partial charge is 0.221 e. The summed E-state index contributed by atoms with van der Waals surface area (Å²) in [6, 6.07) is 9.92. The topological polar surface area (TPSA) is 65.5 Å². The molecule has 24 heavy (non-hydrogen) atoms. The van der Waals surface area contributed by atoms with Crippen LogP contribution in [0.4, 0.5) is 5.69 Å². The summed E-state index contributed by atoms with van der Waals surface area (Å²) in [4.78, 5) is 15.4. The standard InChI is InChI=1S/C18H24N4OS/c1-13(16-7-8-24-12-16)10-20-18(19-3)21-11-15-5-4-6-17(9-15)22-14(2)23/h4-9,12-13H,10-11H2,1-3H3,(H,22,23)(H2,19,20,21). The van der Waals surface area contributed by atoms with Crippen molar-refractivity contribution < 1.29 is 4.79 Å². The minimum atomic E-state index is -0.0694. The first-order valence-electron chi connectivity index (χ1n) is 7.91. The van der Waals surface area contributed by atoms with E-state index in [1.54, 1.807) is 18.4 Å². The first kappa shape index (κ1) is 18.0. The van der Waals surface area contributed by atoms with Crippen LogP contribution in [0.2, 0.25) is 0 Å². The minimum absolute atomic E-state index is 0.0694. The molecule has 0 aliphatic heterocycles. The van der Waals surface area contributed by atoms with Gasteiger partial charge in [0, 0.05) is 32.7 Å². The van der Waals surface area contributed by atoms with E-state index >= 15 is 0 Å². The Hall–Kier alpha value is -2.34. The fourth-order valence-corrected chi connectivity index (χ4v) is 3.07. The van der Waals surface area contributed by atoms with Gasteiger partial charge in [0.05, 0.1) is 0 Å². The number of nitrogens with zero attached hydrogens (tertiary/aromatic N) is 1. The number of amides is 1. The average Bonchev–Trinajstić information content (AvgIpc) is 3.09.